The normalized spacial score (nSPS) is 16.3. The molecule has 0 radical (unpaired) electrons. The van der Waals surface area contributed by atoms with Gasteiger partial charge in [0, 0.05) is 17.1 Å². The first-order valence-electron chi connectivity index (χ1n) is 17.1. The Kier molecular flexibility index (Phi) is 9.41. The topological polar surface area (TPSA) is 3.24 Å². The summed E-state index contributed by atoms with van der Waals surface area (Å²) < 4.78 is 0. The van der Waals surface area contributed by atoms with Gasteiger partial charge < -0.3 is 4.90 Å². The molecular weight excluding hydrogens is 555 g/mol. The first-order chi connectivity index (χ1) is 22.5. The van der Waals surface area contributed by atoms with Crippen LogP contribution >= 0.6 is 0 Å². The maximum atomic E-state index is 4.20. The van der Waals surface area contributed by atoms with Crippen LogP contribution in [0.15, 0.2) is 133 Å². The fraction of sp³-hybridized carbons (Fsp3) is 0.244. The van der Waals surface area contributed by atoms with Gasteiger partial charge in [0.1, 0.15) is 0 Å². The van der Waals surface area contributed by atoms with Crippen LogP contribution in [0.4, 0.5) is 5.69 Å². The first-order valence-corrected chi connectivity index (χ1v) is 17.1. The highest BCUT2D eigenvalue weighted by molar-refractivity contribution is 6.23. The average Bonchev–Trinajstić information content (AvgIpc) is 3.08. The van der Waals surface area contributed by atoms with Crippen molar-refractivity contribution in [2.45, 2.75) is 66.7 Å². The molecule has 0 heterocycles. The van der Waals surface area contributed by atoms with E-state index >= 15 is 0 Å². The van der Waals surface area contributed by atoms with Crippen LogP contribution in [0.25, 0.3) is 38.4 Å². The number of hydrogen-bond acceptors (Lipinski definition) is 1. The van der Waals surface area contributed by atoms with E-state index in [1.165, 1.54) is 97.2 Å². The van der Waals surface area contributed by atoms with E-state index in [0.29, 0.717) is 5.92 Å². The van der Waals surface area contributed by atoms with Gasteiger partial charge in [0.05, 0.1) is 0 Å². The van der Waals surface area contributed by atoms with Crippen molar-refractivity contribution in [1.82, 2.24) is 0 Å². The Labute approximate surface area is 276 Å². The molecule has 0 saturated heterocycles. The second-order valence-corrected chi connectivity index (χ2v) is 12.8. The minimum Gasteiger partial charge on any atom is -0.311 e. The van der Waals surface area contributed by atoms with Crippen molar-refractivity contribution in [3.05, 3.63) is 155 Å². The predicted octanol–water partition coefficient (Wildman–Crippen LogP) is 12.8. The second-order valence-electron chi connectivity index (χ2n) is 12.8. The van der Waals surface area contributed by atoms with Gasteiger partial charge in [-0.05, 0) is 156 Å². The molecule has 0 N–H and O–H groups in total. The molecule has 1 atom stereocenters. The summed E-state index contributed by atoms with van der Waals surface area (Å²) in [5, 5.41) is 8.04. The van der Waals surface area contributed by atoms with Crippen LogP contribution in [-0.4, -0.2) is 0 Å². The third-order valence-corrected chi connectivity index (χ3v) is 9.25. The molecule has 232 valence electrons. The van der Waals surface area contributed by atoms with E-state index in [9.17, 15) is 0 Å². The van der Waals surface area contributed by atoms with Crippen molar-refractivity contribution in [3.63, 3.8) is 0 Å². The Morgan fingerprint density at radius 2 is 1.41 bits per heavy atom. The van der Waals surface area contributed by atoms with Crippen molar-refractivity contribution in [1.29, 1.82) is 0 Å². The van der Waals surface area contributed by atoms with Gasteiger partial charge in [0.25, 0.3) is 0 Å². The van der Waals surface area contributed by atoms with Gasteiger partial charge in [-0.3, -0.25) is 0 Å². The van der Waals surface area contributed by atoms with E-state index in [2.05, 4.69) is 142 Å². The van der Waals surface area contributed by atoms with E-state index in [4.69, 9.17) is 0 Å². The van der Waals surface area contributed by atoms with Gasteiger partial charge in [-0.15, -0.1) is 0 Å². The molecule has 46 heavy (non-hydrogen) atoms. The SMILES string of the molecule is C=C/C(=C\C=C(C)C)N(C1=CCC(C=Cc2cc3ccc4cc(C)cc5ccc(c2)c3c45)C=C1)c1ccc2c(c1)CCCC2.CC. The van der Waals surface area contributed by atoms with Gasteiger partial charge in [-0.25, -0.2) is 0 Å². The van der Waals surface area contributed by atoms with E-state index in [1.807, 2.05) is 19.9 Å². The fourth-order valence-electron chi connectivity index (χ4n) is 7.07. The fourth-order valence-corrected chi connectivity index (χ4v) is 7.07. The van der Waals surface area contributed by atoms with E-state index in [-0.39, 0.29) is 0 Å². The highest BCUT2D eigenvalue weighted by Gasteiger charge is 2.19. The second kappa shape index (κ2) is 13.8. The zero-order valence-electron chi connectivity index (χ0n) is 28.2. The lowest BCUT2D eigenvalue weighted by atomic mass is 9.90. The summed E-state index contributed by atoms with van der Waals surface area (Å²) in [5.41, 5.74) is 10.4. The minimum absolute atomic E-state index is 0.354. The van der Waals surface area contributed by atoms with Crippen molar-refractivity contribution in [3.8, 4) is 0 Å². The molecule has 0 saturated carbocycles. The molecule has 1 heteroatoms. The molecule has 2 aliphatic rings. The lowest BCUT2D eigenvalue weighted by Crippen LogP contribution is -2.22. The monoisotopic (exact) mass is 601 g/mol. The Hall–Kier alpha value is -4.62. The molecule has 0 aliphatic heterocycles. The number of hydrogen-bond donors (Lipinski definition) is 0. The summed E-state index contributed by atoms with van der Waals surface area (Å²) in [6.07, 6.45) is 23.9. The molecule has 0 amide bonds. The van der Waals surface area contributed by atoms with Crippen LogP contribution in [0.3, 0.4) is 0 Å². The summed E-state index contributed by atoms with van der Waals surface area (Å²) in [6.45, 7) is 14.7. The van der Waals surface area contributed by atoms with Crippen LogP contribution in [0.5, 0.6) is 0 Å². The maximum absolute atomic E-state index is 4.20. The van der Waals surface area contributed by atoms with Crippen LogP contribution in [0.1, 0.15) is 69.2 Å². The maximum Gasteiger partial charge on any atom is 0.0464 e. The number of anilines is 1. The van der Waals surface area contributed by atoms with Crippen LogP contribution in [0, 0.1) is 12.8 Å². The van der Waals surface area contributed by atoms with Crippen molar-refractivity contribution >= 4 is 44.1 Å². The number of rotatable bonds is 7. The highest BCUT2D eigenvalue weighted by Crippen LogP contribution is 2.37. The van der Waals surface area contributed by atoms with Crippen LogP contribution in [-0.2, 0) is 12.8 Å². The Morgan fingerprint density at radius 1 is 0.783 bits per heavy atom. The average molecular weight is 602 g/mol. The number of aryl methyl sites for hydroxylation is 3. The molecule has 5 aromatic rings. The molecule has 0 fully saturated rings. The molecule has 0 spiro atoms. The van der Waals surface area contributed by atoms with Crippen molar-refractivity contribution in [2.24, 2.45) is 5.92 Å². The number of fused-ring (bicyclic) bond motifs is 1. The summed E-state index contributed by atoms with van der Waals surface area (Å²) in [7, 11) is 0. The molecule has 7 rings (SSSR count). The van der Waals surface area contributed by atoms with Crippen LogP contribution < -0.4 is 4.90 Å². The smallest absolute Gasteiger partial charge is 0.0464 e. The Morgan fingerprint density at radius 3 is 2.00 bits per heavy atom. The zero-order valence-corrected chi connectivity index (χ0v) is 28.2. The quantitative estimate of drug-likeness (QED) is 0.132. The Bertz CT molecular complexity index is 1970. The zero-order chi connectivity index (χ0) is 32.2. The molecule has 1 unspecified atom stereocenters. The van der Waals surface area contributed by atoms with E-state index in [1.54, 1.807) is 0 Å². The third-order valence-electron chi connectivity index (χ3n) is 9.25. The van der Waals surface area contributed by atoms with Crippen LogP contribution in [0.2, 0.25) is 0 Å². The van der Waals surface area contributed by atoms with Gasteiger partial charge in [-0.1, -0.05) is 98.8 Å². The van der Waals surface area contributed by atoms with Gasteiger partial charge in [0.2, 0.25) is 0 Å². The summed E-state index contributed by atoms with van der Waals surface area (Å²) >= 11 is 0. The van der Waals surface area contributed by atoms with Crippen molar-refractivity contribution in [2.75, 3.05) is 4.90 Å². The third kappa shape index (κ3) is 6.38. The minimum atomic E-state index is 0.354. The van der Waals surface area contributed by atoms with Gasteiger partial charge in [0.15, 0.2) is 0 Å². The number of benzene rings is 5. The molecular formula is C45H47N. The molecule has 5 aromatic carbocycles. The predicted molar refractivity (Wildman–Crippen MR) is 204 cm³/mol. The molecule has 0 bridgehead atoms. The van der Waals surface area contributed by atoms with E-state index < -0.39 is 0 Å². The lowest BCUT2D eigenvalue weighted by Gasteiger charge is -2.30. The highest BCUT2D eigenvalue weighted by atomic mass is 15.2. The van der Waals surface area contributed by atoms with Gasteiger partial charge >= 0.3 is 0 Å². The summed E-state index contributed by atoms with van der Waals surface area (Å²) in [6, 6.07) is 25.4. The molecule has 0 aromatic heterocycles. The summed E-state index contributed by atoms with van der Waals surface area (Å²) in [4.78, 5) is 2.37. The number of nitrogens with zero attached hydrogens (tertiary/aromatic N) is 1. The lowest BCUT2D eigenvalue weighted by molar-refractivity contribution is 0.685. The van der Waals surface area contributed by atoms with Gasteiger partial charge in [-0.2, -0.15) is 0 Å². The standard InChI is InChI=1S/C43H41N.C2H6/c1-5-39(20-10-29(2)3)44(41-23-19-33-8-6-7-9-34(33)28-41)40-21-13-31(14-22-40)11-12-32-26-37-17-15-35-24-30(4)25-36-16-18-38(27-32)43(37)42(35)36;1-2/h5,10-13,15-28,31H,1,6-9,14H2,2-4H3;1-2H3/b12-11?,39-20+;. The number of allylic oxidation sites excluding steroid dienone is 8. The molecule has 2 aliphatic carbocycles. The molecule has 1 nitrogen and oxygen atoms in total. The summed E-state index contributed by atoms with van der Waals surface area (Å²) in [5.74, 6) is 0.354. The Balaban J connectivity index is 0.00000182. The van der Waals surface area contributed by atoms with E-state index in [0.717, 1.165) is 12.1 Å². The largest absolute Gasteiger partial charge is 0.311 e. The first kappa shape index (κ1) is 31.4. The van der Waals surface area contributed by atoms with Crippen molar-refractivity contribution < 1.29 is 0 Å².